The molecule has 3 atom stereocenters. The molecule has 3 N–H and O–H groups in total. The van der Waals surface area contributed by atoms with Gasteiger partial charge in [-0.15, -0.1) is 0 Å². The highest BCUT2D eigenvalue weighted by molar-refractivity contribution is 6.38. The van der Waals surface area contributed by atoms with Gasteiger partial charge in [0.15, 0.2) is 5.78 Å². The highest BCUT2D eigenvalue weighted by Crippen LogP contribution is 2.46. The predicted molar refractivity (Wildman–Crippen MR) is 170 cm³/mol. The van der Waals surface area contributed by atoms with Gasteiger partial charge in [-0.3, -0.25) is 9.59 Å². The molecule has 0 radical (unpaired) electrons. The minimum atomic E-state index is -0.780. The van der Waals surface area contributed by atoms with E-state index in [1.54, 1.807) is 6.92 Å². The fourth-order valence-corrected chi connectivity index (χ4v) is 7.21. The molecule has 1 saturated heterocycles. The summed E-state index contributed by atoms with van der Waals surface area (Å²) >= 11 is 0. The predicted octanol–water partition coefficient (Wildman–Crippen LogP) is 5.56. The first-order valence-electron chi connectivity index (χ1n) is 15.3. The molecule has 0 spiro atoms. The summed E-state index contributed by atoms with van der Waals surface area (Å²) in [5.41, 5.74) is 11.1. The number of carbonyl (C=O) groups excluding carboxylic acids is 2. The van der Waals surface area contributed by atoms with E-state index in [1.165, 1.54) is 7.11 Å². The number of nitrogens with one attached hydrogen (secondary N) is 1. The van der Waals surface area contributed by atoms with Crippen LogP contribution in [0.3, 0.4) is 0 Å². The average molecular weight is 595 g/mol. The number of ether oxygens (including phenoxy) is 1. The minimum Gasteiger partial charge on any atom is -0.515 e. The molecule has 0 amide bonds. The van der Waals surface area contributed by atoms with E-state index in [9.17, 15) is 19.8 Å². The zero-order valence-electron chi connectivity index (χ0n) is 26.0. The average Bonchev–Trinajstić information content (AvgIpc) is 3.76. The number of fused-ring (bicyclic) bond motifs is 5. The van der Waals surface area contributed by atoms with Crippen LogP contribution in [0.25, 0.3) is 0 Å². The zero-order valence-corrected chi connectivity index (χ0v) is 26.0. The number of Topliss-reactive ketones (excluding diaryl/α,β-unsaturated/α-hetero) is 1. The van der Waals surface area contributed by atoms with Crippen LogP contribution in [-0.4, -0.2) is 52.3 Å². The number of nitrogens with zero attached hydrogens (tertiary/aromatic N) is 3. The monoisotopic (exact) mass is 594 g/mol. The highest BCUT2D eigenvalue weighted by Gasteiger charge is 2.43. The van der Waals surface area contributed by atoms with Crippen molar-refractivity contribution in [2.24, 2.45) is 26.8 Å². The summed E-state index contributed by atoms with van der Waals surface area (Å²) < 4.78 is 4.96. The fraction of sp³-hybridized carbons (Fsp3) is 0.400. The first-order chi connectivity index (χ1) is 21.1. The Morgan fingerprint density at radius 2 is 1.86 bits per heavy atom. The van der Waals surface area contributed by atoms with Crippen LogP contribution in [0.5, 0.6) is 0 Å². The van der Waals surface area contributed by atoms with Crippen LogP contribution in [0.1, 0.15) is 66.7 Å². The van der Waals surface area contributed by atoms with Gasteiger partial charge in [-0.25, -0.2) is 15.0 Å². The number of rotatable bonds is 6. The van der Waals surface area contributed by atoms with E-state index in [1.807, 2.05) is 39.0 Å². The van der Waals surface area contributed by atoms with Crippen molar-refractivity contribution in [2.75, 3.05) is 7.11 Å². The number of esters is 1. The summed E-state index contributed by atoms with van der Waals surface area (Å²) in [7, 11) is 1.39. The van der Waals surface area contributed by atoms with Gasteiger partial charge in [-0.2, -0.15) is 0 Å². The lowest BCUT2D eigenvalue weighted by Gasteiger charge is -2.17. The van der Waals surface area contributed by atoms with Gasteiger partial charge in [0.1, 0.15) is 0 Å². The molecule has 44 heavy (non-hydrogen) atoms. The Balaban J connectivity index is 1.63. The second-order valence-corrected chi connectivity index (χ2v) is 11.9. The summed E-state index contributed by atoms with van der Waals surface area (Å²) in [4.78, 5) is 40.8. The first kappa shape index (κ1) is 29.7. The molecule has 6 aliphatic rings. The fourth-order valence-electron chi connectivity index (χ4n) is 7.21. The molecule has 228 valence electrons. The Hall–Kier alpha value is -4.37. The highest BCUT2D eigenvalue weighted by atomic mass is 16.5. The number of hydrogen-bond acceptors (Lipinski definition) is 9. The minimum absolute atomic E-state index is 0.0104. The summed E-state index contributed by atoms with van der Waals surface area (Å²) in [6.07, 6.45) is 8.31. The Kier molecular flexibility index (Phi) is 7.61. The van der Waals surface area contributed by atoms with E-state index in [0.717, 1.165) is 39.9 Å². The number of carbonyl (C=O) groups is 2. The van der Waals surface area contributed by atoms with Crippen LogP contribution in [0.2, 0.25) is 0 Å². The topological polar surface area (TPSA) is 133 Å². The molecule has 0 aromatic rings. The summed E-state index contributed by atoms with van der Waals surface area (Å²) in [6.45, 7) is 9.80. The van der Waals surface area contributed by atoms with Crippen LogP contribution in [0.4, 0.5) is 0 Å². The zero-order chi connectivity index (χ0) is 31.4. The molecule has 0 aromatic heterocycles. The molecular formula is C35H38N4O5. The maximum atomic E-state index is 13.6. The first-order valence-corrected chi connectivity index (χ1v) is 15.3. The number of hydrogen-bond donors (Lipinski definition) is 3. The molecule has 1 saturated carbocycles. The van der Waals surface area contributed by atoms with Crippen LogP contribution < -0.4 is 5.32 Å². The van der Waals surface area contributed by atoms with Crippen LogP contribution in [-0.2, 0) is 14.3 Å². The van der Waals surface area contributed by atoms with Gasteiger partial charge in [0.05, 0.1) is 53.7 Å². The van der Waals surface area contributed by atoms with Crippen molar-refractivity contribution < 1.29 is 24.5 Å². The Morgan fingerprint density at radius 3 is 2.52 bits per heavy atom. The molecule has 9 nitrogen and oxygen atoms in total. The van der Waals surface area contributed by atoms with Crippen molar-refractivity contribution in [2.45, 2.75) is 72.8 Å². The SMILES string of the molecule is CCC1=C2C(=O)CC3=C4NC(=CC5=NC(=CC6=NC(=C(CC)/C6=C\O)C=C1N=C32)C(C(C)O)=C5C)[C@@H](C)[C@@H]4CCC(=O)OC. The van der Waals surface area contributed by atoms with Gasteiger partial charge in [0.2, 0.25) is 0 Å². The summed E-state index contributed by atoms with van der Waals surface area (Å²) in [6, 6.07) is 0. The maximum absolute atomic E-state index is 13.6. The number of aliphatic hydroxyl groups is 2. The van der Waals surface area contributed by atoms with Crippen LogP contribution in [0, 0.1) is 11.8 Å². The second kappa shape index (κ2) is 11.3. The van der Waals surface area contributed by atoms with Crippen molar-refractivity contribution in [1.29, 1.82) is 0 Å². The van der Waals surface area contributed by atoms with E-state index in [-0.39, 0.29) is 36.4 Å². The molecule has 1 aliphatic carbocycles. The molecule has 1 unspecified atom stereocenters. The third kappa shape index (κ3) is 4.61. The van der Waals surface area contributed by atoms with E-state index < -0.39 is 6.10 Å². The van der Waals surface area contributed by atoms with Gasteiger partial charge in [-0.1, -0.05) is 20.8 Å². The lowest BCUT2D eigenvalue weighted by Crippen LogP contribution is -2.15. The Morgan fingerprint density at radius 1 is 1.11 bits per heavy atom. The third-order valence-corrected chi connectivity index (χ3v) is 9.49. The molecule has 5 aliphatic heterocycles. The lowest BCUT2D eigenvalue weighted by atomic mass is 9.86. The number of ketones is 1. The molecule has 0 aromatic carbocycles. The maximum Gasteiger partial charge on any atom is 0.305 e. The third-order valence-electron chi connectivity index (χ3n) is 9.49. The normalized spacial score (nSPS) is 25.8. The number of aliphatic hydroxyl groups excluding tert-OH is 2. The molecule has 9 heteroatoms. The standard InChI is InChI=1S/C35H38N4O5/c1-7-19-23(15-40)28-14-29-32(18(5)41)17(4)25(36-29)12-24-16(3)21(9-10-31(43)44-6)34(38-24)22-11-30(42)33-20(8-2)27(39-35(22)33)13-26(19)37-28/h12-16,18,21,38,40-41H,7-11H2,1-6H3/b23-15+,24-12?,27-13?,29-14?,34-22?/t16-,18?,21-/m0/s1. The van der Waals surface area contributed by atoms with Gasteiger partial charge in [-0.05, 0) is 68.1 Å². The van der Waals surface area contributed by atoms with Crippen molar-refractivity contribution in [3.8, 4) is 0 Å². The van der Waals surface area contributed by atoms with E-state index >= 15 is 0 Å². The number of methoxy groups -OCH3 is 1. The van der Waals surface area contributed by atoms with Crippen LogP contribution in [0.15, 0.2) is 107 Å². The van der Waals surface area contributed by atoms with Crippen molar-refractivity contribution in [3.63, 3.8) is 0 Å². The van der Waals surface area contributed by atoms with E-state index in [0.29, 0.717) is 70.2 Å². The molecular weight excluding hydrogens is 556 g/mol. The van der Waals surface area contributed by atoms with Gasteiger partial charge in [0.25, 0.3) is 0 Å². The largest absolute Gasteiger partial charge is 0.515 e. The van der Waals surface area contributed by atoms with Gasteiger partial charge < -0.3 is 20.3 Å². The lowest BCUT2D eigenvalue weighted by molar-refractivity contribution is -0.140. The molecule has 6 rings (SSSR count). The van der Waals surface area contributed by atoms with E-state index in [4.69, 9.17) is 19.7 Å². The molecule has 8 bridgehead atoms. The molecule has 2 fully saturated rings. The van der Waals surface area contributed by atoms with Crippen molar-refractivity contribution in [3.05, 3.63) is 92.0 Å². The number of aliphatic imine (C=N–C) groups is 3. The Bertz CT molecular complexity index is 1750. The smallest absolute Gasteiger partial charge is 0.305 e. The number of allylic oxidation sites excluding steroid dienone is 11. The van der Waals surface area contributed by atoms with Crippen molar-refractivity contribution in [1.82, 2.24) is 5.32 Å². The Labute approximate surface area is 257 Å². The van der Waals surface area contributed by atoms with Crippen molar-refractivity contribution >= 4 is 28.9 Å². The van der Waals surface area contributed by atoms with Gasteiger partial charge in [0, 0.05) is 58.4 Å². The quantitative estimate of drug-likeness (QED) is 0.272. The molecule has 5 heterocycles. The summed E-state index contributed by atoms with van der Waals surface area (Å²) in [5.74, 6) is -0.316. The van der Waals surface area contributed by atoms with E-state index in [2.05, 4.69) is 12.2 Å². The van der Waals surface area contributed by atoms with Gasteiger partial charge >= 0.3 is 5.97 Å². The second-order valence-electron chi connectivity index (χ2n) is 11.9. The van der Waals surface area contributed by atoms with Crippen LogP contribution >= 0.6 is 0 Å². The summed E-state index contributed by atoms with van der Waals surface area (Å²) in [5, 5.41) is 24.8.